The summed E-state index contributed by atoms with van der Waals surface area (Å²) in [6.45, 7) is 9.01. The highest BCUT2D eigenvalue weighted by atomic mass is 35.5. The van der Waals surface area contributed by atoms with Crippen molar-refractivity contribution in [2.75, 3.05) is 5.75 Å². The summed E-state index contributed by atoms with van der Waals surface area (Å²) >= 11 is 9.52. The van der Waals surface area contributed by atoms with Crippen LogP contribution in [0.2, 0.25) is 5.02 Å². The van der Waals surface area contributed by atoms with Crippen LogP contribution >= 0.6 is 34.7 Å². The Hall–Kier alpha value is -1.28. The molecule has 3 heterocycles. The number of amidine groups is 1. The topological polar surface area (TPSA) is 70.0 Å². The van der Waals surface area contributed by atoms with Gasteiger partial charge in [0.2, 0.25) is 0 Å². The van der Waals surface area contributed by atoms with Crippen LogP contribution in [0, 0.1) is 5.41 Å². The third-order valence-electron chi connectivity index (χ3n) is 4.81. The molecule has 144 valence electrons. The summed E-state index contributed by atoms with van der Waals surface area (Å²) in [6, 6.07) is 1.85. The molecule has 0 unspecified atom stereocenters. The van der Waals surface area contributed by atoms with Crippen molar-refractivity contribution in [3.05, 3.63) is 62.0 Å². The lowest BCUT2D eigenvalue weighted by Gasteiger charge is -2.42. The zero-order valence-corrected chi connectivity index (χ0v) is 18.5. The van der Waals surface area contributed by atoms with E-state index < -0.39 is 20.1 Å². The van der Waals surface area contributed by atoms with Crippen LogP contribution in [0.1, 0.15) is 30.5 Å². The molecule has 4 nitrogen and oxygen atoms in total. The van der Waals surface area contributed by atoms with Crippen molar-refractivity contribution in [3.63, 3.8) is 0 Å². The summed E-state index contributed by atoms with van der Waals surface area (Å²) in [5, 5.41) is 15.8. The number of rotatable bonds is 2. The summed E-state index contributed by atoms with van der Waals surface area (Å²) in [5.74, 6) is -0.132. The van der Waals surface area contributed by atoms with Gasteiger partial charge in [0.05, 0.1) is 16.3 Å². The Labute approximate surface area is 173 Å². The summed E-state index contributed by atoms with van der Waals surface area (Å²) < 4.78 is 24.4. The Balaban J connectivity index is 2.05. The molecule has 0 aromatic carbocycles. The van der Waals surface area contributed by atoms with Crippen LogP contribution in [0.25, 0.3) is 5.57 Å². The minimum atomic E-state index is -3.52. The summed E-state index contributed by atoms with van der Waals surface area (Å²) in [7, 11) is -3.52. The summed E-state index contributed by atoms with van der Waals surface area (Å²) in [5.41, 5.74) is 0.869. The van der Waals surface area contributed by atoms with Crippen LogP contribution in [0.4, 0.5) is 0 Å². The minimum absolute atomic E-state index is 0.0135. The molecule has 3 rings (SSSR count). The maximum absolute atomic E-state index is 12.8. The first-order valence-electron chi connectivity index (χ1n) is 8.26. The highest BCUT2D eigenvalue weighted by Crippen LogP contribution is 2.44. The van der Waals surface area contributed by atoms with Crippen LogP contribution in [-0.4, -0.2) is 24.8 Å². The lowest BCUT2D eigenvalue weighted by molar-refractivity contribution is 0.450. The Kier molecular flexibility index (Phi) is 5.27. The highest BCUT2D eigenvalue weighted by Gasteiger charge is 2.51. The van der Waals surface area contributed by atoms with E-state index in [2.05, 4.69) is 11.9 Å². The van der Waals surface area contributed by atoms with Gasteiger partial charge in [-0.15, -0.1) is 23.1 Å². The van der Waals surface area contributed by atoms with Crippen LogP contribution in [0.5, 0.6) is 0 Å². The fraction of sp³-hybridized carbons (Fsp3) is 0.316. The number of thioether (sulfide) groups is 1. The summed E-state index contributed by atoms with van der Waals surface area (Å²) in [4.78, 5) is 1.63. The van der Waals surface area contributed by atoms with Crippen molar-refractivity contribution < 1.29 is 8.42 Å². The van der Waals surface area contributed by atoms with E-state index in [9.17, 15) is 8.42 Å². The van der Waals surface area contributed by atoms with E-state index in [1.54, 1.807) is 32.5 Å². The number of hydrogen-bond donors (Lipinski definition) is 2. The molecule has 0 spiro atoms. The van der Waals surface area contributed by atoms with Crippen molar-refractivity contribution in [1.29, 1.82) is 5.41 Å². The molecule has 1 saturated heterocycles. The van der Waals surface area contributed by atoms with E-state index >= 15 is 0 Å². The van der Waals surface area contributed by atoms with Crippen LogP contribution in [0.15, 0.2) is 47.3 Å². The quantitative estimate of drug-likeness (QED) is 0.670. The third kappa shape index (κ3) is 3.58. The van der Waals surface area contributed by atoms with Crippen molar-refractivity contribution in [1.82, 2.24) is 5.32 Å². The molecule has 8 heteroatoms. The molecule has 2 aliphatic rings. The second-order valence-corrected chi connectivity index (χ2v) is 12.0. The Bertz CT molecular complexity index is 1020. The Morgan fingerprint density at radius 2 is 2.00 bits per heavy atom. The van der Waals surface area contributed by atoms with Crippen LogP contribution in [0.3, 0.4) is 0 Å². The Morgan fingerprint density at radius 1 is 1.30 bits per heavy atom. The second kappa shape index (κ2) is 6.95. The third-order valence-corrected chi connectivity index (χ3v) is 10.1. The van der Waals surface area contributed by atoms with E-state index in [-0.39, 0.29) is 11.6 Å². The maximum Gasteiger partial charge on any atom is 0.165 e. The van der Waals surface area contributed by atoms with E-state index in [0.717, 1.165) is 16.0 Å². The first kappa shape index (κ1) is 20.5. The van der Waals surface area contributed by atoms with Gasteiger partial charge in [-0.1, -0.05) is 36.4 Å². The first-order valence-corrected chi connectivity index (χ1v) is 12.0. The monoisotopic (exact) mass is 440 g/mol. The molecule has 2 N–H and O–H groups in total. The number of halogens is 1. The lowest BCUT2D eigenvalue weighted by atomic mass is 9.99. The molecule has 2 aliphatic heterocycles. The van der Waals surface area contributed by atoms with Gasteiger partial charge in [0, 0.05) is 15.3 Å². The number of allylic oxidation sites excluding steroid dienone is 5. The molecule has 1 fully saturated rings. The minimum Gasteiger partial charge on any atom is -0.362 e. The van der Waals surface area contributed by atoms with Crippen LogP contribution < -0.4 is 5.32 Å². The van der Waals surface area contributed by atoms with E-state index in [1.165, 1.54) is 11.3 Å². The van der Waals surface area contributed by atoms with Crippen molar-refractivity contribution >= 4 is 55.9 Å². The number of sulfone groups is 1. The van der Waals surface area contributed by atoms with Crippen molar-refractivity contribution in [2.24, 2.45) is 0 Å². The van der Waals surface area contributed by atoms with Crippen molar-refractivity contribution in [3.8, 4) is 0 Å². The van der Waals surface area contributed by atoms with Crippen LogP contribution in [-0.2, 0) is 15.4 Å². The normalized spacial score (nSPS) is 30.0. The van der Waals surface area contributed by atoms with E-state index in [1.807, 2.05) is 35.1 Å². The molecular weight excluding hydrogens is 420 g/mol. The molecule has 0 amide bonds. The second-order valence-electron chi connectivity index (χ2n) is 7.27. The zero-order valence-electron chi connectivity index (χ0n) is 15.3. The Morgan fingerprint density at radius 3 is 2.67 bits per heavy atom. The van der Waals surface area contributed by atoms with Gasteiger partial charge in [-0.2, -0.15) is 0 Å². The van der Waals surface area contributed by atoms with Gasteiger partial charge in [0.25, 0.3) is 0 Å². The smallest absolute Gasteiger partial charge is 0.165 e. The molecule has 27 heavy (non-hydrogen) atoms. The first-order chi connectivity index (χ1) is 12.5. The van der Waals surface area contributed by atoms with E-state index in [0.29, 0.717) is 9.90 Å². The number of thiophene rings is 1. The molecule has 1 atom stereocenters. The molecule has 0 bridgehead atoms. The average Bonchev–Trinajstić information content (AvgIpc) is 2.91. The van der Waals surface area contributed by atoms with Gasteiger partial charge < -0.3 is 5.32 Å². The molecule has 1 aromatic rings. The van der Waals surface area contributed by atoms with Gasteiger partial charge in [0.15, 0.2) is 9.84 Å². The number of nitrogens with one attached hydrogen (secondary N) is 2. The lowest BCUT2D eigenvalue weighted by Crippen LogP contribution is -2.63. The average molecular weight is 441 g/mol. The summed E-state index contributed by atoms with van der Waals surface area (Å²) in [6.07, 6.45) is 5.80. The van der Waals surface area contributed by atoms with Gasteiger partial charge >= 0.3 is 0 Å². The standard InChI is InChI=1S/C19H21ClN2O2S3/c1-12-7-5-6-8-25-10-13(12)15-9-14(20)16(26-15)19(4)11-27(23,24)18(2,3)17(21)22-19/h5-10H,1,11H2,2-4H3,(H2,21,22)/b7-5-,8-6?,13-10+/t19-/m0/s1. The van der Waals surface area contributed by atoms with Gasteiger partial charge in [-0.05, 0) is 43.2 Å². The molecular formula is C19H21ClN2O2S3. The largest absolute Gasteiger partial charge is 0.362 e. The molecule has 1 aromatic heterocycles. The molecule has 0 saturated carbocycles. The van der Waals surface area contributed by atoms with Gasteiger partial charge in [-0.25, -0.2) is 8.42 Å². The highest BCUT2D eigenvalue weighted by molar-refractivity contribution is 8.05. The number of hydrogen-bond acceptors (Lipinski definition) is 5. The maximum atomic E-state index is 12.8. The molecule has 0 aliphatic carbocycles. The predicted molar refractivity (Wildman–Crippen MR) is 118 cm³/mol. The predicted octanol–water partition coefficient (Wildman–Crippen LogP) is 5.10. The van der Waals surface area contributed by atoms with E-state index in [4.69, 9.17) is 17.0 Å². The molecule has 0 radical (unpaired) electrons. The van der Waals surface area contributed by atoms with Gasteiger partial charge in [-0.3, -0.25) is 5.41 Å². The van der Waals surface area contributed by atoms with Crippen molar-refractivity contribution in [2.45, 2.75) is 31.1 Å². The fourth-order valence-electron chi connectivity index (χ4n) is 2.93. The zero-order chi connectivity index (χ0) is 20.0. The van der Waals surface area contributed by atoms with Gasteiger partial charge in [0.1, 0.15) is 10.6 Å². The SMILES string of the molecule is C=C1/C=C\C=CS/C=C\1c1cc(Cl)c([C@]2(C)CS(=O)(=O)C(C)(C)C(=N)N2)s1. The fourth-order valence-corrected chi connectivity index (χ4v) is 7.17.